The average Bonchev–Trinajstić information content (AvgIpc) is 2.56. The summed E-state index contributed by atoms with van der Waals surface area (Å²) in [4.78, 5) is 8.10. The summed E-state index contributed by atoms with van der Waals surface area (Å²) in [6.45, 7) is 0. The minimum atomic E-state index is -3.88. The number of anilines is 1. The lowest BCUT2D eigenvalue weighted by Gasteiger charge is -2.08. The molecule has 0 saturated carbocycles. The van der Waals surface area contributed by atoms with Crippen molar-refractivity contribution in [3.8, 4) is 11.4 Å². The highest BCUT2D eigenvalue weighted by molar-refractivity contribution is 7.92. The molecule has 0 radical (unpaired) electrons. The highest BCUT2D eigenvalue weighted by Crippen LogP contribution is 2.18. The lowest BCUT2D eigenvalue weighted by molar-refractivity contribution is 0.595. The van der Waals surface area contributed by atoms with Gasteiger partial charge < -0.3 is 0 Å². The van der Waals surface area contributed by atoms with Crippen LogP contribution in [0.2, 0.25) is 0 Å². The van der Waals surface area contributed by atoms with Crippen molar-refractivity contribution < 1.29 is 12.8 Å². The van der Waals surface area contributed by atoms with Gasteiger partial charge >= 0.3 is 0 Å². The number of sulfonamides is 1. The molecule has 0 atom stereocenters. The van der Waals surface area contributed by atoms with Crippen molar-refractivity contribution in [1.82, 2.24) is 9.97 Å². The topological polar surface area (TPSA) is 72.0 Å². The molecule has 3 rings (SSSR count). The molecule has 0 fully saturated rings. The third-order valence-electron chi connectivity index (χ3n) is 3.04. The van der Waals surface area contributed by atoms with Crippen LogP contribution in [0.25, 0.3) is 11.4 Å². The Hall–Kier alpha value is -2.80. The summed E-state index contributed by atoms with van der Waals surface area (Å²) in [7, 11) is -3.88. The van der Waals surface area contributed by atoms with Gasteiger partial charge in [-0.2, -0.15) is 0 Å². The fraction of sp³-hybridized carbons (Fsp3) is 0. The lowest BCUT2D eigenvalue weighted by Crippen LogP contribution is -2.13. The fourth-order valence-electron chi connectivity index (χ4n) is 1.97. The van der Waals surface area contributed by atoms with Crippen LogP contribution in [0.4, 0.5) is 10.1 Å². The van der Waals surface area contributed by atoms with Gasteiger partial charge in [-0.1, -0.05) is 36.4 Å². The second-order valence-electron chi connectivity index (χ2n) is 4.72. The quantitative estimate of drug-likeness (QED) is 0.798. The van der Waals surface area contributed by atoms with Gasteiger partial charge in [-0.05, 0) is 18.2 Å². The molecule has 0 bridgehead atoms. The van der Waals surface area contributed by atoms with Crippen molar-refractivity contribution in [1.29, 1.82) is 0 Å². The Morgan fingerprint density at radius 1 is 0.913 bits per heavy atom. The first-order valence-corrected chi connectivity index (χ1v) is 8.19. The van der Waals surface area contributed by atoms with Crippen LogP contribution in [-0.2, 0) is 10.0 Å². The standard InChI is InChI=1S/C16H12FN3O2S/c17-13-7-4-8-15(9-13)23(21,22)20-14-10-18-16(19-11-14)12-5-2-1-3-6-12/h1-11,20H. The second kappa shape index (κ2) is 6.13. The van der Waals surface area contributed by atoms with Crippen molar-refractivity contribution in [3.63, 3.8) is 0 Å². The Balaban J connectivity index is 1.83. The molecule has 0 aliphatic rings. The van der Waals surface area contributed by atoms with E-state index in [9.17, 15) is 12.8 Å². The number of rotatable bonds is 4. The van der Waals surface area contributed by atoms with Gasteiger partial charge in [0.05, 0.1) is 23.0 Å². The lowest BCUT2D eigenvalue weighted by atomic mass is 10.2. The van der Waals surface area contributed by atoms with E-state index in [2.05, 4.69) is 14.7 Å². The predicted octanol–water partition coefficient (Wildman–Crippen LogP) is 3.08. The molecule has 0 aliphatic carbocycles. The Bertz CT molecular complexity index is 914. The molecule has 0 aliphatic heterocycles. The SMILES string of the molecule is O=S(=O)(Nc1cnc(-c2ccccc2)nc1)c1cccc(F)c1. The molecule has 0 saturated heterocycles. The molecule has 1 heterocycles. The summed E-state index contributed by atoms with van der Waals surface area (Å²) >= 11 is 0. The van der Waals surface area contributed by atoms with Crippen molar-refractivity contribution in [2.24, 2.45) is 0 Å². The first-order chi connectivity index (χ1) is 11.0. The fourth-order valence-corrected chi connectivity index (χ4v) is 3.02. The van der Waals surface area contributed by atoms with E-state index < -0.39 is 15.8 Å². The number of nitrogens with zero attached hydrogens (tertiary/aromatic N) is 2. The second-order valence-corrected chi connectivity index (χ2v) is 6.41. The minimum Gasteiger partial charge on any atom is -0.276 e. The summed E-state index contributed by atoms with van der Waals surface area (Å²) < 4.78 is 39.8. The molecule has 0 spiro atoms. The van der Waals surface area contributed by atoms with E-state index in [-0.39, 0.29) is 10.6 Å². The maximum absolute atomic E-state index is 13.2. The van der Waals surface area contributed by atoms with E-state index in [0.29, 0.717) is 5.82 Å². The zero-order valence-corrected chi connectivity index (χ0v) is 12.7. The van der Waals surface area contributed by atoms with Crippen molar-refractivity contribution in [2.45, 2.75) is 4.90 Å². The van der Waals surface area contributed by atoms with Crippen LogP contribution in [0.1, 0.15) is 0 Å². The maximum atomic E-state index is 13.2. The molecule has 1 N–H and O–H groups in total. The van der Waals surface area contributed by atoms with Crippen molar-refractivity contribution in [2.75, 3.05) is 4.72 Å². The molecule has 0 amide bonds. The van der Waals surface area contributed by atoms with Crippen LogP contribution in [0.3, 0.4) is 0 Å². The van der Waals surface area contributed by atoms with E-state index in [1.807, 2.05) is 30.3 Å². The maximum Gasteiger partial charge on any atom is 0.262 e. The van der Waals surface area contributed by atoms with Crippen LogP contribution < -0.4 is 4.72 Å². The Morgan fingerprint density at radius 3 is 2.26 bits per heavy atom. The zero-order valence-electron chi connectivity index (χ0n) is 11.8. The van der Waals surface area contributed by atoms with Crippen LogP contribution in [0.5, 0.6) is 0 Å². The van der Waals surface area contributed by atoms with Gasteiger partial charge in [0.1, 0.15) is 5.82 Å². The smallest absolute Gasteiger partial charge is 0.262 e. The van der Waals surface area contributed by atoms with Gasteiger partial charge in [-0.3, -0.25) is 4.72 Å². The first kappa shape index (κ1) is 15.1. The van der Waals surface area contributed by atoms with E-state index in [1.54, 1.807) is 0 Å². The molecule has 1 aromatic heterocycles. The van der Waals surface area contributed by atoms with Crippen LogP contribution in [-0.4, -0.2) is 18.4 Å². The zero-order chi connectivity index (χ0) is 16.3. The van der Waals surface area contributed by atoms with E-state index in [4.69, 9.17) is 0 Å². The van der Waals surface area contributed by atoms with E-state index in [0.717, 1.165) is 11.6 Å². The largest absolute Gasteiger partial charge is 0.276 e. The van der Waals surface area contributed by atoms with Gasteiger partial charge in [-0.25, -0.2) is 22.8 Å². The van der Waals surface area contributed by atoms with Gasteiger partial charge in [0.2, 0.25) is 0 Å². The van der Waals surface area contributed by atoms with Crippen molar-refractivity contribution >= 4 is 15.7 Å². The third kappa shape index (κ3) is 3.51. The molecule has 3 aromatic rings. The van der Waals surface area contributed by atoms with Gasteiger partial charge in [0, 0.05) is 5.56 Å². The summed E-state index contributed by atoms with van der Waals surface area (Å²) in [5, 5.41) is 0. The molecule has 0 unspecified atom stereocenters. The molecule has 5 nitrogen and oxygen atoms in total. The van der Waals surface area contributed by atoms with E-state index in [1.165, 1.54) is 30.6 Å². The van der Waals surface area contributed by atoms with Crippen molar-refractivity contribution in [3.05, 3.63) is 72.8 Å². The highest BCUT2D eigenvalue weighted by atomic mass is 32.2. The predicted molar refractivity (Wildman–Crippen MR) is 84.7 cm³/mol. The third-order valence-corrected chi connectivity index (χ3v) is 4.42. The van der Waals surface area contributed by atoms with Gasteiger partial charge in [0.25, 0.3) is 10.0 Å². The summed E-state index contributed by atoms with van der Waals surface area (Å²) in [6.07, 6.45) is 2.73. The highest BCUT2D eigenvalue weighted by Gasteiger charge is 2.15. The Morgan fingerprint density at radius 2 is 1.61 bits per heavy atom. The Kier molecular flexibility index (Phi) is 4.03. The summed E-state index contributed by atoms with van der Waals surface area (Å²) in [6, 6.07) is 14.1. The minimum absolute atomic E-state index is 0.162. The van der Waals surface area contributed by atoms with Crippen LogP contribution in [0, 0.1) is 5.82 Å². The van der Waals surface area contributed by atoms with Gasteiger partial charge in [0.15, 0.2) is 5.82 Å². The number of benzene rings is 2. The summed E-state index contributed by atoms with van der Waals surface area (Å²) in [5.74, 6) is -0.136. The first-order valence-electron chi connectivity index (χ1n) is 6.70. The molecular formula is C16H12FN3O2S. The van der Waals surface area contributed by atoms with Crippen LogP contribution >= 0.6 is 0 Å². The average molecular weight is 329 g/mol. The van der Waals surface area contributed by atoms with Gasteiger partial charge in [-0.15, -0.1) is 0 Å². The normalized spacial score (nSPS) is 11.2. The van der Waals surface area contributed by atoms with E-state index >= 15 is 0 Å². The molecule has 23 heavy (non-hydrogen) atoms. The number of hydrogen-bond acceptors (Lipinski definition) is 4. The summed E-state index contributed by atoms with van der Waals surface area (Å²) in [5.41, 5.74) is 1.03. The molecule has 116 valence electrons. The number of aromatic nitrogens is 2. The van der Waals surface area contributed by atoms with Crippen LogP contribution in [0.15, 0.2) is 71.9 Å². The number of nitrogens with one attached hydrogen (secondary N) is 1. The number of halogens is 1. The molecular weight excluding hydrogens is 317 g/mol. The number of hydrogen-bond donors (Lipinski definition) is 1. The Labute approximate surface area is 132 Å². The monoisotopic (exact) mass is 329 g/mol. The molecule has 7 heteroatoms. The molecule has 2 aromatic carbocycles.